The molecule has 4 nitrogen and oxygen atoms in total. The highest BCUT2D eigenvalue weighted by Crippen LogP contribution is 2.27. The van der Waals surface area contributed by atoms with Crippen molar-refractivity contribution in [2.75, 3.05) is 13.1 Å². The Morgan fingerprint density at radius 1 is 1.29 bits per heavy atom. The fourth-order valence-corrected chi connectivity index (χ4v) is 3.20. The van der Waals surface area contributed by atoms with E-state index in [4.69, 9.17) is 23.2 Å². The molecule has 0 radical (unpaired) electrons. The fraction of sp³-hybridized carbons (Fsp3) is 0.533. The molecular formula is C15H19Cl2NO3. The number of aliphatic hydroxyl groups excluding tert-OH is 2. The number of aliphatic hydroxyl groups is 2. The van der Waals surface area contributed by atoms with Crippen molar-refractivity contribution < 1.29 is 15.0 Å². The van der Waals surface area contributed by atoms with Crippen LogP contribution in [0.4, 0.5) is 0 Å². The summed E-state index contributed by atoms with van der Waals surface area (Å²) >= 11 is 11.8. The Labute approximate surface area is 134 Å². The molecule has 2 N–H and O–H groups in total. The number of piperidine rings is 1. The third-order valence-electron chi connectivity index (χ3n) is 3.89. The van der Waals surface area contributed by atoms with Gasteiger partial charge in [-0.15, -0.1) is 0 Å². The molecule has 21 heavy (non-hydrogen) atoms. The first-order valence-corrected chi connectivity index (χ1v) is 7.75. The Morgan fingerprint density at radius 2 is 1.90 bits per heavy atom. The minimum absolute atomic E-state index is 0.0536. The number of carbonyl (C=O) groups is 1. The molecule has 0 saturated carbocycles. The number of hydrogen-bond acceptors (Lipinski definition) is 3. The van der Waals surface area contributed by atoms with Crippen molar-refractivity contribution in [1.29, 1.82) is 0 Å². The van der Waals surface area contributed by atoms with Gasteiger partial charge in [-0.25, -0.2) is 0 Å². The van der Waals surface area contributed by atoms with Crippen molar-refractivity contribution in [2.45, 2.75) is 32.0 Å². The predicted octanol–water partition coefficient (Wildman–Crippen LogP) is 2.65. The summed E-state index contributed by atoms with van der Waals surface area (Å²) in [6.45, 7) is 2.78. The number of rotatable bonds is 3. The Balaban J connectivity index is 2.11. The van der Waals surface area contributed by atoms with Gasteiger partial charge in [-0.1, -0.05) is 23.2 Å². The lowest BCUT2D eigenvalue weighted by molar-refractivity contribution is -0.143. The van der Waals surface area contributed by atoms with Crippen molar-refractivity contribution in [3.05, 3.63) is 33.8 Å². The Kier molecular flexibility index (Phi) is 5.49. The SMILES string of the molecule is C[C@H](O)[C@@H]1CCCN(C(=O)[C@@H](O)c2cc(Cl)cc(Cl)c2)C1. The maximum absolute atomic E-state index is 12.4. The van der Waals surface area contributed by atoms with Gasteiger partial charge in [0, 0.05) is 29.1 Å². The average molecular weight is 332 g/mol. The molecule has 6 heteroatoms. The Morgan fingerprint density at radius 3 is 2.48 bits per heavy atom. The number of carbonyl (C=O) groups excluding carboxylic acids is 1. The highest BCUT2D eigenvalue weighted by molar-refractivity contribution is 6.34. The second kappa shape index (κ2) is 6.97. The van der Waals surface area contributed by atoms with E-state index in [0.717, 1.165) is 12.8 Å². The van der Waals surface area contributed by atoms with Crippen LogP contribution in [-0.2, 0) is 4.79 Å². The number of nitrogens with zero attached hydrogens (tertiary/aromatic N) is 1. The number of likely N-dealkylation sites (tertiary alicyclic amines) is 1. The number of hydrogen-bond donors (Lipinski definition) is 2. The van der Waals surface area contributed by atoms with E-state index in [1.165, 1.54) is 12.1 Å². The van der Waals surface area contributed by atoms with Crippen LogP contribution in [0.5, 0.6) is 0 Å². The van der Waals surface area contributed by atoms with Gasteiger partial charge in [-0.3, -0.25) is 4.79 Å². The van der Waals surface area contributed by atoms with E-state index < -0.39 is 12.2 Å². The Hall–Kier alpha value is -0.810. The summed E-state index contributed by atoms with van der Waals surface area (Å²) in [5.74, 6) is -0.323. The molecule has 0 aromatic heterocycles. The monoisotopic (exact) mass is 331 g/mol. The molecule has 0 unspecified atom stereocenters. The largest absolute Gasteiger partial charge is 0.393 e. The quantitative estimate of drug-likeness (QED) is 0.895. The molecule has 1 aromatic rings. The van der Waals surface area contributed by atoms with E-state index in [0.29, 0.717) is 28.7 Å². The lowest BCUT2D eigenvalue weighted by Crippen LogP contribution is -2.44. The van der Waals surface area contributed by atoms with E-state index in [2.05, 4.69) is 0 Å². The van der Waals surface area contributed by atoms with Crippen LogP contribution >= 0.6 is 23.2 Å². The van der Waals surface area contributed by atoms with Gasteiger partial charge < -0.3 is 15.1 Å². The lowest BCUT2D eigenvalue weighted by atomic mass is 9.93. The molecule has 1 heterocycles. The van der Waals surface area contributed by atoms with Crippen molar-refractivity contribution in [3.63, 3.8) is 0 Å². The molecule has 3 atom stereocenters. The smallest absolute Gasteiger partial charge is 0.256 e. The Bertz CT molecular complexity index is 501. The lowest BCUT2D eigenvalue weighted by Gasteiger charge is -2.35. The van der Waals surface area contributed by atoms with Gasteiger partial charge in [0.2, 0.25) is 0 Å². The predicted molar refractivity (Wildman–Crippen MR) is 82.4 cm³/mol. The van der Waals surface area contributed by atoms with Crippen molar-refractivity contribution in [1.82, 2.24) is 4.90 Å². The molecule has 2 rings (SSSR count). The standard InChI is InChI=1S/C15H19Cl2NO3/c1-9(19)10-3-2-4-18(8-10)15(21)14(20)11-5-12(16)7-13(17)6-11/h5-7,9-10,14,19-20H,2-4,8H2,1H3/t9-,10+,14-/m0/s1. The second-order valence-corrected chi connectivity index (χ2v) is 6.41. The molecular weight excluding hydrogens is 313 g/mol. The summed E-state index contributed by atoms with van der Waals surface area (Å²) in [5.41, 5.74) is 0.386. The molecule has 1 aliphatic heterocycles. The maximum Gasteiger partial charge on any atom is 0.256 e. The highest BCUT2D eigenvalue weighted by Gasteiger charge is 2.30. The summed E-state index contributed by atoms with van der Waals surface area (Å²) in [5, 5.41) is 20.7. The summed E-state index contributed by atoms with van der Waals surface area (Å²) in [7, 11) is 0. The molecule has 116 valence electrons. The zero-order chi connectivity index (χ0) is 15.6. The van der Waals surface area contributed by atoms with Crippen LogP contribution in [0.1, 0.15) is 31.4 Å². The summed E-state index contributed by atoms with van der Waals surface area (Å²) in [6, 6.07) is 4.62. The van der Waals surface area contributed by atoms with E-state index in [1.807, 2.05) is 0 Å². The van der Waals surface area contributed by atoms with Gasteiger partial charge in [-0.2, -0.15) is 0 Å². The molecule has 0 aliphatic carbocycles. The molecule has 0 bridgehead atoms. The van der Waals surface area contributed by atoms with Crippen LogP contribution in [0.2, 0.25) is 10.0 Å². The molecule has 1 aromatic carbocycles. The van der Waals surface area contributed by atoms with Crippen LogP contribution in [0, 0.1) is 5.92 Å². The zero-order valence-electron chi connectivity index (χ0n) is 11.8. The molecule has 0 spiro atoms. The van der Waals surface area contributed by atoms with Crippen molar-refractivity contribution in [2.24, 2.45) is 5.92 Å². The highest BCUT2D eigenvalue weighted by atomic mass is 35.5. The number of halogens is 2. The van der Waals surface area contributed by atoms with Gasteiger partial charge >= 0.3 is 0 Å². The third kappa shape index (κ3) is 4.10. The third-order valence-corrected chi connectivity index (χ3v) is 4.32. The van der Waals surface area contributed by atoms with E-state index in [9.17, 15) is 15.0 Å². The molecule has 1 amide bonds. The number of amides is 1. The second-order valence-electron chi connectivity index (χ2n) is 5.53. The topological polar surface area (TPSA) is 60.8 Å². The zero-order valence-corrected chi connectivity index (χ0v) is 13.3. The maximum atomic E-state index is 12.4. The summed E-state index contributed by atoms with van der Waals surface area (Å²) in [6.07, 6.45) is -0.0301. The van der Waals surface area contributed by atoms with E-state index in [-0.39, 0.29) is 11.8 Å². The first kappa shape index (κ1) is 16.6. The van der Waals surface area contributed by atoms with Crippen LogP contribution < -0.4 is 0 Å². The minimum Gasteiger partial charge on any atom is -0.393 e. The normalized spacial score (nSPS) is 22.0. The van der Waals surface area contributed by atoms with Crippen molar-refractivity contribution >= 4 is 29.1 Å². The molecule has 1 fully saturated rings. The van der Waals surface area contributed by atoms with E-state index >= 15 is 0 Å². The van der Waals surface area contributed by atoms with Gasteiger partial charge in [0.05, 0.1) is 6.10 Å². The van der Waals surface area contributed by atoms with Gasteiger partial charge in [-0.05, 0) is 43.5 Å². The van der Waals surface area contributed by atoms with E-state index in [1.54, 1.807) is 17.9 Å². The van der Waals surface area contributed by atoms with Crippen LogP contribution in [0.3, 0.4) is 0 Å². The summed E-state index contributed by atoms with van der Waals surface area (Å²) in [4.78, 5) is 14.0. The van der Waals surface area contributed by atoms with Crippen molar-refractivity contribution in [3.8, 4) is 0 Å². The first-order chi connectivity index (χ1) is 9.88. The first-order valence-electron chi connectivity index (χ1n) is 6.99. The van der Waals surface area contributed by atoms with Gasteiger partial charge in [0.15, 0.2) is 6.10 Å². The minimum atomic E-state index is -1.28. The van der Waals surface area contributed by atoms with Crippen LogP contribution in [0.15, 0.2) is 18.2 Å². The van der Waals surface area contributed by atoms with Gasteiger partial charge in [0.1, 0.15) is 0 Å². The van der Waals surface area contributed by atoms with Crippen LogP contribution in [0.25, 0.3) is 0 Å². The fourth-order valence-electron chi connectivity index (χ4n) is 2.65. The van der Waals surface area contributed by atoms with Gasteiger partial charge in [0.25, 0.3) is 5.91 Å². The number of benzene rings is 1. The molecule has 1 saturated heterocycles. The summed E-state index contributed by atoms with van der Waals surface area (Å²) < 4.78 is 0. The van der Waals surface area contributed by atoms with Crippen LogP contribution in [-0.4, -0.2) is 40.2 Å². The molecule has 1 aliphatic rings. The average Bonchev–Trinajstić information content (AvgIpc) is 2.44.